The van der Waals surface area contributed by atoms with E-state index >= 15 is 0 Å². The Morgan fingerprint density at radius 2 is 2.15 bits per heavy atom. The van der Waals surface area contributed by atoms with Crippen molar-refractivity contribution in [3.63, 3.8) is 0 Å². The monoisotopic (exact) mass is 272 g/mol. The van der Waals surface area contributed by atoms with Crippen LogP contribution in [0.25, 0.3) is 0 Å². The second kappa shape index (κ2) is 5.73. The van der Waals surface area contributed by atoms with Gasteiger partial charge in [0.1, 0.15) is 0 Å². The highest BCUT2D eigenvalue weighted by Crippen LogP contribution is 2.20. The second-order valence-electron chi connectivity index (χ2n) is 5.38. The standard InChI is InChI=1S/C15H20N4O/c1-11-8-16-14(13-6-4-3-5-7-13)9-19(11)10-15-17-12(2)20-18-15/h3-7,11,14,16H,8-10H2,1-2H3. The Labute approximate surface area is 119 Å². The summed E-state index contributed by atoms with van der Waals surface area (Å²) in [6.45, 7) is 6.71. The largest absolute Gasteiger partial charge is 0.340 e. The summed E-state index contributed by atoms with van der Waals surface area (Å²) in [7, 11) is 0. The lowest BCUT2D eigenvalue weighted by Gasteiger charge is -2.38. The van der Waals surface area contributed by atoms with Crippen molar-refractivity contribution in [3.05, 3.63) is 47.6 Å². The molecule has 5 heteroatoms. The van der Waals surface area contributed by atoms with Crippen molar-refractivity contribution in [2.24, 2.45) is 0 Å². The third-order valence-electron chi connectivity index (χ3n) is 3.82. The minimum absolute atomic E-state index is 0.361. The van der Waals surface area contributed by atoms with Crippen LogP contribution in [0.1, 0.15) is 30.2 Å². The molecule has 20 heavy (non-hydrogen) atoms. The molecule has 0 spiro atoms. The van der Waals surface area contributed by atoms with E-state index in [-0.39, 0.29) is 0 Å². The van der Waals surface area contributed by atoms with Crippen molar-refractivity contribution in [2.75, 3.05) is 13.1 Å². The maximum Gasteiger partial charge on any atom is 0.223 e. The van der Waals surface area contributed by atoms with Crippen molar-refractivity contribution in [2.45, 2.75) is 32.5 Å². The molecular formula is C15H20N4O. The number of rotatable bonds is 3. The van der Waals surface area contributed by atoms with Crippen LogP contribution in [0.5, 0.6) is 0 Å². The lowest BCUT2D eigenvalue weighted by molar-refractivity contribution is 0.129. The van der Waals surface area contributed by atoms with Gasteiger partial charge >= 0.3 is 0 Å². The van der Waals surface area contributed by atoms with Crippen LogP contribution in [-0.4, -0.2) is 34.2 Å². The first-order valence-corrected chi connectivity index (χ1v) is 7.04. The predicted octanol–water partition coefficient (Wildman–Crippen LogP) is 1.91. The normalized spacial score (nSPS) is 23.9. The molecule has 0 radical (unpaired) electrons. The highest BCUT2D eigenvalue weighted by atomic mass is 16.5. The molecule has 1 aromatic heterocycles. The van der Waals surface area contributed by atoms with Crippen molar-refractivity contribution in [3.8, 4) is 0 Å². The number of benzene rings is 1. The summed E-state index contributed by atoms with van der Waals surface area (Å²) in [6, 6.07) is 11.4. The molecular weight excluding hydrogens is 252 g/mol. The number of nitrogens with zero attached hydrogens (tertiary/aromatic N) is 3. The Morgan fingerprint density at radius 3 is 2.85 bits per heavy atom. The third kappa shape index (κ3) is 2.89. The molecule has 1 aliphatic rings. The fourth-order valence-corrected chi connectivity index (χ4v) is 2.64. The molecule has 2 atom stereocenters. The topological polar surface area (TPSA) is 54.2 Å². The van der Waals surface area contributed by atoms with Gasteiger partial charge in [-0.05, 0) is 12.5 Å². The summed E-state index contributed by atoms with van der Waals surface area (Å²) in [6.07, 6.45) is 0. The van der Waals surface area contributed by atoms with Gasteiger partial charge in [0.2, 0.25) is 5.89 Å². The van der Waals surface area contributed by atoms with Crippen LogP contribution in [-0.2, 0) is 6.54 Å². The van der Waals surface area contributed by atoms with E-state index in [1.165, 1.54) is 5.56 Å². The van der Waals surface area contributed by atoms with E-state index in [1.807, 2.05) is 6.92 Å². The van der Waals surface area contributed by atoms with Gasteiger partial charge in [-0.15, -0.1) is 0 Å². The summed E-state index contributed by atoms with van der Waals surface area (Å²) in [5.41, 5.74) is 1.33. The molecule has 1 saturated heterocycles. The summed E-state index contributed by atoms with van der Waals surface area (Å²) >= 11 is 0. The predicted molar refractivity (Wildman–Crippen MR) is 76.1 cm³/mol. The first kappa shape index (κ1) is 13.3. The Hall–Kier alpha value is -1.72. The van der Waals surface area contributed by atoms with Crippen LogP contribution in [0.3, 0.4) is 0 Å². The summed E-state index contributed by atoms with van der Waals surface area (Å²) in [5.74, 6) is 1.39. The molecule has 0 amide bonds. The lowest BCUT2D eigenvalue weighted by atomic mass is 10.0. The van der Waals surface area contributed by atoms with Gasteiger partial charge in [0, 0.05) is 32.1 Å². The van der Waals surface area contributed by atoms with Gasteiger partial charge in [0.25, 0.3) is 0 Å². The minimum atomic E-state index is 0.361. The third-order valence-corrected chi connectivity index (χ3v) is 3.82. The number of piperazine rings is 1. The molecule has 5 nitrogen and oxygen atoms in total. The first-order valence-electron chi connectivity index (χ1n) is 7.04. The average Bonchev–Trinajstić information content (AvgIpc) is 2.88. The Bertz CT molecular complexity index is 554. The molecule has 0 saturated carbocycles. The van der Waals surface area contributed by atoms with Crippen LogP contribution in [0, 0.1) is 6.92 Å². The number of aryl methyl sites for hydroxylation is 1. The maximum atomic E-state index is 5.05. The van der Waals surface area contributed by atoms with Gasteiger partial charge in [-0.1, -0.05) is 35.5 Å². The molecule has 1 N–H and O–H groups in total. The fraction of sp³-hybridized carbons (Fsp3) is 0.467. The van der Waals surface area contributed by atoms with Crippen LogP contribution >= 0.6 is 0 Å². The van der Waals surface area contributed by atoms with E-state index in [0.717, 1.165) is 25.5 Å². The molecule has 1 aliphatic heterocycles. The van der Waals surface area contributed by atoms with E-state index in [2.05, 4.69) is 57.6 Å². The summed E-state index contributed by atoms with van der Waals surface area (Å²) in [5, 5.41) is 7.59. The van der Waals surface area contributed by atoms with Gasteiger partial charge in [-0.3, -0.25) is 4.90 Å². The first-order chi connectivity index (χ1) is 9.72. The number of hydrogen-bond acceptors (Lipinski definition) is 5. The van der Waals surface area contributed by atoms with Crippen molar-refractivity contribution >= 4 is 0 Å². The van der Waals surface area contributed by atoms with Gasteiger partial charge in [-0.25, -0.2) is 0 Å². The van der Waals surface area contributed by atoms with Crippen molar-refractivity contribution < 1.29 is 4.52 Å². The quantitative estimate of drug-likeness (QED) is 0.925. The molecule has 1 aromatic carbocycles. The van der Waals surface area contributed by atoms with Gasteiger partial charge < -0.3 is 9.84 Å². The Balaban J connectivity index is 1.70. The molecule has 106 valence electrons. The van der Waals surface area contributed by atoms with Crippen LogP contribution in [0.4, 0.5) is 0 Å². The van der Waals surface area contributed by atoms with E-state index in [9.17, 15) is 0 Å². The number of aromatic nitrogens is 2. The zero-order valence-electron chi connectivity index (χ0n) is 11.9. The minimum Gasteiger partial charge on any atom is -0.340 e. The summed E-state index contributed by atoms with van der Waals surface area (Å²) in [4.78, 5) is 6.70. The average molecular weight is 272 g/mol. The highest BCUT2D eigenvalue weighted by molar-refractivity contribution is 5.20. The molecule has 2 aromatic rings. The Kier molecular flexibility index (Phi) is 3.80. The number of nitrogens with one attached hydrogen (secondary N) is 1. The Morgan fingerprint density at radius 1 is 1.35 bits per heavy atom. The molecule has 0 aliphatic carbocycles. The van der Waals surface area contributed by atoms with Crippen LogP contribution < -0.4 is 5.32 Å². The molecule has 2 unspecified atom stereocenters. The van der Waals surface area contributed by atoms with Gasteiger partial charge in [-0.2, -0.15) is 4.98 Å². The fourth-order valence-electron chi connectivity index (χ4n) is 2.64. The molecule has 0 bridgehead atoms. The van der Waals surface area contributed by atoms with Crippen LogP contribution in [0.2, 0.25) is 0 Å². The van der Waals surface area contributed by atoms with Gasteiger partial charge in [0.15, 0.2) is 5.82 Å². The van der Waals surface area contributed by atoms with E-state index in [0.29, 0.717) is 18.0 Å². The summed E-state index contributed by atoms with van der Waals surface area (Å²) < 4.78 is 5.05. The molecule has 3 rings (SSSR count). The second-order valence-corrected chi connectivity index (χ2v) is 5.38. The van der Waals surface area contributed by atoms with E-state index in [4.69, 9.17) is 4.52 Å². The molecule has 1 fully saturated rings. The SMILES string of the molecule is Cc1nc(CN2CC(c3ccccc3)NCC2C)no1. The number of hydrogen-bond donors (Lipinski definition) is 1. The lowest BCUT2D eigenvalue weighted by Crippen LogP contribution is -2.50. The zero-order valence-corrected chi connectivity index (χ0v) is 11.9. The zero-order chi connectivity index (χ0) is 13.9. The van der Waals surface area contributed by atoms with E-state index < -0.39 is 0 Å². The molecule has 2 heterocycles. The smallest absolute Gasteiger partial charge is 0.223 e. The van der Waals surface area contributed by atoms with Crippen LogP contribution in [0.15, 0.2) is 34.9 Å². The van der Waals surface area contributed by atoms with E-state index in [1.54, 1.807) is 0 Å². The van der Waals surface area contributed by atoms with Gasteiger partial charge in [0.05, 0.1) is 6.54 Å². The van der Waals surface area contributed by atoms with Crippen molar-refractivity contribution in [1.29, 1.82) is 0 Å². The maximum absolute atomic E-state index is 5.05. The van der Waals surface area contributed by atoms with Crippen molar-refractivity contribution in [1.82, 2.24) is 20.4 Å². The highest BCUT2D eigenvalue weighted by Gasteiger charge is 2.26.